The lowest BCUT2D eigenvalue weighted by atomic mass is 10.3. The van der Waals surface area contributed by atoms with Crippen LogP contribution >= 0.6 is 27.5 Å². The van der Waals surface area contributed by atoms with Crippen molar-refractivity contribution in [3.63, 3.8) is 0 Å². The molecule has 0 aliphatic carbocycles. The van der Waals surface area contributed by atoms with Crippen LogP contribution in [0.25, 0.3) is 0 Å². The molecule has 0 saturated heterocycles. The Labute approximate surface area is 124 Å². The normalized spacial score (nSPS) is 11.3. The molecule has 2 aromatic rings. The molecule has 0 aliphatic heterocycles. The van der Waals surface area contributed by atoms with Crippen LogP contribution < -0.4 is 4.72 Å². The molecule has 2 rings (SSSR count). The first kappa shape index (κ1) is 14.2. The van der Waals surface area contributed by atoms with Crippen LogP contribution in [0.3, 0.4) is 0 Å². The van der Waals surface area contributed by atoms with Crippen molar-refractivity contribution in [1.82, 2.24) is 0 Å². The summed E-state index contributed by atoms with van der Waals surface area (Å²) in [6, 6.07) is 10.5. The molecule has 0 atom stereocenters. The molecule has 0 spiro atoms. The molecule has 0 radical (unpaired) electrons. The van der Waals surface area contributed by atoms with Crippen LogP contribution in [0.4, 0.5) is 5.69 Å². The van der Waals surface area contributed by atoms with Gasteiger partial charge in [-0.1, -0.05) is 39.7 Å². The van der Waals surface area contributed by atoms with E-state index in [4.69, 9.17) is 11.6 Å². The zero-order valence-electron chi connectivity index (χ0n) is 9.47. The van der Waals surface area contributed by atoms with E-state index in [-0.39, 0.29) is 21.4 Å². The number of hydrogen-bond donors (Lipinski definition) is 2. The number of rotatable bonds is 3. The van der Waals surface area contributed by atoms with Gasteiger partial charge in [0.25, 0.3) is 10.0 Å². The van der Waals surface area contributed by atoms with Crippen molar-refractivity contribution in [2.45, 2.75) is 4.90 Å². The third-order valence-electron chi connectivity index (χ3n) is 2.33. The lowest BCUT2D eigenvalue weighted by molar-refractivity contribution is 0.477. The van der Waals surface area contributed by atoms with E-state index in [9.17, 15) is 13.5 Å². The van der Waals surface area contributed by atoms with E-state index in [1.807, 2.05) is 0 Å². The van der Waals surface area contributed by atoms with E-state index in [2.05, 4.69) is 20.7 Å². The summed E-state index contributed by atoms with van der Waals surface area (Å²) >= 11 is 9.11. The Hall–Kier alpha value is -1.24. The number of benzene rings is 2. The Morgan fingerprint density at radius 2 is 1.84 bits per heavy atom. The number of para-hydroxylation sites is 2. The van der Waals surface area contributed by atoms with Gasteiger partial charge in [-0.05, 0) is 30.3 Å². The van der Waals surface area contributed by atoms with Crippen LogP contribution in [-0.2, 0) is 10.0 Å². The Balaban J connectivity index is 2.41. The monoisotopic (exact) mass is 361 g/mol. The van der Waals surface area contributed by atoms with Crippen LogP contribution in [0.15, 0.2) is 51.8 Å². The quantitative estimate of drug-likeness (QED) is 0.820. The third kappa shape index (κ3) is 3.20. The molecule has 0 heterocycles. The average Bonchev–Trinajstić information content (AvgIpc) is 2.31. The van der Waals surface area contributed by atoms with Gasteiger partial charge in [0.2, 0.25) is 0 Å². The Kier molecular flexibility index (Phi) is 4.03. The highest BCUT2D eigenvalue weighted by atomic mass is 79.9. The van der Waals surface area contributed by atoms with E-state index < -0.39 is 10.0 Å². The maximum atomic E-state index is 12.2. The predicted molar refractivity (Wildman–Crippen MR) is 78.1 cm³/mol. The average molecular weight is 363 g/mol. The number of phenols is 1. The fourth-order valence-corrected chi connectivity index (χ4v) is 3.57. The number of anilines is 1. The van der Waals surface area contributed by atoms with Gasteiger partial charge < -0.3 is 5.11 Å². The van der Waals surface area contributed by atoms with E-state index in [1.165, 1.54) is 24.3 Å². The molecule has 0 amide bonds. The number of halogens is 2. The molecule has 2 aromatic carbocycles. The Morgan fingerprint density at radius 1 is 1.16 bits per heavy atom. The molecule has 0 unspecified atom stereocenters. The number of hydrogen-bond acceptors (Lipinski definition) is 3. The van der Waals surface area contributed by atoms with E-state index in [1.54, 1.807) is 18.2 Å². The maximum absolute atomic E-state index is 12.2. The summed E-state index contributed by atoms with van der Waals surface area (Å²) in [6.07, 6.45) is 0. The van der Waals surface area contributed by atoms with Crippen LogP contribution in [0.2, 0.25) is 5.02 Å². The van der Waals surface area contributed by atoms with Gasteiger partial charge >= 0.3 is 0 Å². The summed E-state index contributed by atoms with van der Waals surface area (Å²) in [5, 5.41) is 9.66. The number of sulfonamides is 1. The highest BCUT2D eigenvalue weighted by Gasteiger charge is 2.19. The zero-order chi connectivity index (χ0) is 14.0. The second-order valence-corrected chi connectivity index (χ2v) is 6.67. The zero-order valence-corrected chi connectivity index (χ0v) is 12.6. The fourth-order valence-electron chi connectivity index (χ4n) is 1.45. The summed E-state index contributed by atoms with van der Waals surface area (Å²) in [6.45, 7) is 0. The minimum absolute atomic E-state index is 0.0550. The molecular weight excluding hydrogens is 354 g/mol. The van der Waals surface area contributed by atoms with Crippen molar-refractivity contribution in [2.75, 3.05) is 4.72 Å². The first-order chi connectivity index (χ1) is 8.90. The fraction of sp³-hybridized carbons (Fsp3) is 0. The number of phenolic OH excluding ortho intramolecular Hbond substituents is 1. The highest BCUT2D eigenvalue weighted by molar-refractivity contribution is 9.10. The first-order valence-electron chi connectivity index (χ1n) is 5.16. The smallest absolute Gasteiger partial charge is 0.263 e. The summed E-state index contributed by atoms with van der Waals surface area (Å²) in [7, 11) is -3.85. The molecule has 100 valence electrons. The van der Waals surface area contributed by atoms with Crippen molar-refractivity contribution in [3.8, 4) is 5.75 Å². The largest absolute Gasteiger partial charge is 0.506 e. The summed E-state index contributed by atoms with van der Waals surface area (Å²) < 4.78 is 27.3. The van der Waals surface area contributed by atoms with Crippen molar-refractivity contribution in [1.29, 1.82) is 0 Å². The molecule has 0 saturated carbocycles. The predicted octanol–water partition coefficient (Wildman–Crippen LogP) is 3.61. The molecule has 2 N–H and O–H groups in total. The summed E-state index contributed by atoms with van der Waals surface area (Å²) in [4.78, 5) is -0.0550. The lowest BCUT2D eigenvalue weighted by Gasteiger charge is -2.10. The van der Waals surface area contributed by atoms with Crippen LogP contribution in [0.1, 0.15) is 0 Å². The molecule has 19 heavy (non-hydrogen) atoms. The second-order valence-electron chi connectivity index (χ2n) is 3.70. The number of nitrogens with one attached hydrogen (secondary N) is 1. The Morgan fingerprint density at radius 3 is 2.47 bits per heavy atom. The van der Waals surface area contributed by atoms with Gasteiger partial charge in [0.15, 0.2) is 0 Å². The molecule has 7 heteroatoms. The highest BCUT2D eigenvalue weighted by Crippen LogP contribution is 2.29. The van der Waals surface area contributed by atoms with Gasteiger partial charge in [0, 0.05) is 4.47 Å². The van der Waals surface area contributed by atoms with Crippen LogP contribution in [0.5, 0.6) is 5.75 Å². The van der Waals surface area contributed by atoms with Crippen molar-refractivity contribution < 1.29 is 13.5 Å². The van der Waals surface area contributed by atoms with Crippen LogP contribution in [0, 0.1) is 0 Å². The van der Waals surface area contributed by atoms with Gasteiger partial charge in [-0.2, -0.15) is 0 Å². The second kappa shape index (κ2) is 5.40. The minimum atomic E-state index is -3.85. The molecule has 4 nitrogen and oxygen atoms in total. The van der Waals surface area contributed by atoms with Gasteiger partial charge in [0.05, 0.1) is 10.7 Å². The SMILES string of the molecule is O=S(=O)(Nc1ccccc1O)c1ccc(Br)cc1Cl. The molecule has 0 aromatic heterocycles. The van der Waals surface area contributed by atoms with Gasteiger partial charge in [-0.25, -0.2) is 8.42 Å². The van der Waals surface area contributed by atoms with Crippen molar-refractivity contribution >= 4 is 43.2 Å². The van der Waals surface area contributed by atoms with Crippen LogP contribution in [-0.4, -0.2) is 13.5 Å². The Bertz CT molecular complexity index is 719. The lowest BCUT2D eigenvalue weighted by Crippen LogP contribution is -2.13. The molecular formula is C12H9BrClNO3S. The maximum Gasteiger partial charge on any atom is 0.263 e. The van der Waals surface area contributed by atoms with Gasteiger partial charge in [-0.3, -0.25) is 4.72 Å². The van der Waals surface area contributed by atoms with Crippen molar-refractivity contribution in [2.24, 2.45) is 0 Å². The van der Waals surface area contributed by atoms with Crippen molar-refractivity contribution in [3.05, 3.63) is 52.0 Å². The number of aromatic hydroxyl groups is 1. The standard InChI is InChI=1S/C12H9BrClNO3S/c13-8-5-6-12(9(14)7-8)19(17,18)15-10-3-1-2-4-11(10)16/h1-7,15-16H. The summed E-state index contributed by atoms with van der Waals surface area (Å²) in [5.41, 5.74) is 0.0986. The molecule has 0 bridgehead atoms. The van der Waals surface area contributed by atoms with Gasteiger partial charge in [-0.15, -0.1) is 0 Å². The topological polar surface area (TPSA) is 66.4 Å². The summed E-state index contributed by atoms with van der Waals surface area (Å²) in [5.74, 6) is -0.153. The molecule has 0 fully saturated rings. The van der Waals surface area contributed by atoms with E-state index in [0.29, 0.717) is 4.47 Å². The first-order valence-corrected chi connectivity index (χ1v) is 7.81. The molecule has 0 aliphatic rings. The van der Waals surface area contributed by atoms with E-state index >= 15 is 0 Å². The minimum Gasteiger partial charge on any atom is -0.506 e. The van der Waals surface area contributed by atoms with E-state index in [0.717, 1.165) is 0 Å². The van der Waals surface area contributed by atoms with Gasteiger partial charge in [0.1, 0.15) is 10.6 Å². The third-order valence-corrected chi connectivity index (χ3v) is 4.67.